The van der Waals surface area contributed by atoms with Crippen molar-refractivity contribution in [2.45, 2.75) is 39.0 Å². The molecule has 0 unspecified atom stereocenters. The zero-order valence-corrected chi connectivity index (χ0v) is 7.53. The van der Waals surface area contributed by atoms with Crippen LogP contribution in [0.2, 0.25) is 0 Å². The largest absolute Gasteiger partial charge is 0.316 e. The van der Waals surface area contributed by atoms with Crippen molar-refractivity contribution in [1.29, 1.82) is 0 Å². The third-order valence-electron chi connectivity index (χ3n) is 3.46. The lowest BCUT2D eigenvalue weighted by Gasteiger charge is -2.35. The summed E-state index contributed by atoms with van der Waals surface area (Å²) in [6, 6.07) is 0. The van der Waals surface area contributed by atoms with Crippen molar-refractivity contribution >= 4 is 0 Å². The minimum absolute atomic E-state index is 0.729. The normalized spacial score (nSPS) is 30.3. The van der Waals surface area contributed by atoms with E-state index in [-0.39, 0.29) is 0 Å². The molecule has 1 saturated heterocycles. The van der Waals surface area contributed by atoms with Gasteiger partial charge in [-0.15, -0.1) is 0 Å². The van der Waals surface area contributed by atoms with E-state index in [1.165, 1.54) is 45.2 Å². The van der Waals surface area contributed by atoms with Crippen LogP contribution in [0.4, 0.5) is 0 Å². The van der Waals surface area contributed by atoms with Crippen molar-refractivity contribution in [2.75, 3.05) is 13.1 Å². The first-order valence-electron chi connectivity index (χ1n) is 4.99. The van der Waals surface area contributed by atoms with Crippen LogP contribution in [0.5, 0.6) is 0 Å². The molecular weight excluding hydrogens is 134 g/mol. The Labute approximate surface area is 69.6 Å². The van der Waals surface area contributed by atoms with Crippen molar-refractivity contribution in [3.8, 4) is 0 Å². The van der Waals surface area contributed by atoms with Crippen molar-refractivity contribution in [3.05, 3.63) is 0 Å². The van der Waals surface area contributed by atoms with Crippen LogP contribution in [0.15, 0.2) is 0 Å². The molecule has 0 radical (unpaired) electrons. The molecule has 2 rings (SSSR count). The third kappa shape index (κ3) is 1.58. The predicted octanol–water partition coefficient (Wildman–Crippen LogP) is 2.18. The summed E-state index contributed by atoms with van der Waals surface area (Å²) in [5.41, 5.74) is 0.729. The topological polar surface area (TPSA) is 12.0 Å². The lowest BCUT2D eigenvalue weighted by Crippen LogP contribution is -2.44. The monoisotopic (exact) mass is 153 g/mol. The van der Waals surface area contributed by atoms with Gasteiger partial charge in [-0.2, -0.15) is 0 Å². The molecular formula is C10H19N. The van der Waals surface area contributed by atoms with Crippen molar-refractivity contribution in [1.82, 2.24) is 5.32 Å². The first-order chi connectivity index (χ1) is 5.29. The van der Waals surface area contributed by atoms with Crippen LogP contribution in [0, 0.1) is 11.3 Å². The highest BCUT2D eigenvalue weighted by atomic mass is 14.9. The van der Waals surface area contributed by atoms with Gasteiger partial charge in [0.2, 0.25) is 0 Å². The lowest BCUT2D eigenvalue weighted by molar-refractivity contribution is 0.198. The SMILES string of the molecule is CC1(CC2CNC2)CCCC1. The minimum Gasteiger partial charge on any atom is -0.316 e. The van der Waals surface area contributed by atoms with Crippen molar-refractivity contribution in [3.63, 3.8) is 0 Å². The highest BCUT2D eigenvalue weighted by molar-refractivity contribution is 4.87. The summed E-state index contributed by atoms with van der Waals surface area (Å²) in [5, 5.41) is 3.35. The van der Waals surface area contributed by atoms with Crippen LogP contribution in [0.25, 0.3) is 0 Å². The standard InChI is InChI=1S/C10H19N/c1-10(4-2-3-5-10)6-9-7-11-8-9/h9,11H,2-8H2,1H3. The number of nitrogens with one attached hydrogen (secondary N) is 1. The fourth-order valence-electron chi connectivity index (χ4n) is 2.62. The maximum absolute atomic E-state index is 3.35. The molecule has 1 nitrogen and oxygen atoms in total. The summed E-state index contributed by atoms with van der Waals surface area (Å²) in [4.78, 5) is 0. The molecule has 0 amide bonds. The maximum Gasteiger partial charge on any atom is -0.000805 e. The maximum atomic E-state index is 3.35. The van der Waals surface area contributed by atoms with Gasteiger partial charge in [0.25, 0.3) is 0 Å². The fourth-order valence-corrected chi connectivity index (χ4v) is 2.62. The molecule has 2 fully saturated rings. The van der Waals surface area contributed by atoms with Gasteiger partial charge in [0.05, 0.1) is 0 Å². The molecule has 1 saturated carbocycles. The third-order valence-corrected chi connectivity index (χ3v) is 3.46. The van der Waals surface area contributed by atoms with E-state index < -0.39 is 0 Å². The lowest BCUT2D eigenvalue weighted by atomic mass is 9.78. The van der Waals surface area contributed by atoms with Crippen LogP contribution >= 0.6 is 0 Å². The second-order valence-electron chi connectivity index (χ2n) is 4.75. The molecule has 0 aromatic heterocycles. The van der Waals surface area contributed by atoms with E-state index in [9.17, 15) is 0 Å². The summed E-state index contributed by atoms with van der Waals surface area (Å²) in [5.74, 6) is 1.01. The molecule has 64 valence electrons. The quantitative estimate of drug-likeness (QED) is 0.641. The molecule has 0 aromatic carbocycles. The molecule has 11 heavy (non-hydrogen) atoms. The number of rotatable bonds is 2. The van der Waals surface area contributed by atoms with Crippen LogP contribution in [-0.4, -0.2) is 13.1 Å². The zero-order chi connectivity index (χ0) is 7.73. The van der Waals surface area contributed by atoms with Crippen molar-refractivity contribution < 1.29 is 0 Å². The average molecular weight is 153 g/mol. The van der Waals surface area contributed by atoms with Gasteiger partial charge >= 0.3 is 0 Å². The Hall–Kier alpha value is -0.0400. The summed E-state index contributed by atoms with van der Waals surface area (Å²) in [6.45, 7) is 5.06. The van der Waals surface area contributed by atoms with E-state index in [0.717, 1.165) is 11.3 Å². The summed E-state index contributed by atoms with van der Waals surface area (Å²) in [7, 11) is 0. The van der Waals surface area contributed by atoms with Gasteiger partial charge < -0.3 is 5.32 Å². The predicted molar refractivity (Wildman–Crippen MR) is 47.6 cm³/mol. The Bertz CT molecular complexity index is 132. The van der Waals surface area contributed by atoms with Crippen molar-refractivity contribution in [2.24, 2.45) is 11.3 Å². The van der Waals surface area contributed by atoms with E-state index in [0.29, 0.717) is 0 Å². The summed E-state index contributed by atoms with van der Waals surface area (Å²) >= 11 is 0. The summed E-state index contributed by atoms with van der Waals surface area (Å²) < 4.78 is 0. The van der Waals surface area contributed by atoms with Gasteiger partial charge in [-0.25, -0.2) is 0 Å². The molecule has 0 bridgehead atoms. The van der Waals surface area contributed by atoms with Gasteiger partial charge in [-0.3, -0.25) is 0 Å². The first kappa shape index (κ1) is 7.60. The minimum atomic E-state index is 0.729. The highest BCUT2D eigenvalue weighted by Gasteiger charge is 2.33. The molecule has 1 aliphatic heterocycles. The summed E-state index contributed by atoms with van der Waals surface area (Å²) in [6.07, 6.45) is 7.43. The van der Waals surface area contributed by atoms with E-state index in [2.05, 4.69) is 12.2 Å². The Kier molecular flexibility index (Phi) is 1.92. The molecule has 0 aromatic rings. The molecule has 1 heterocycles. The van der Waals surface area contributed by atoms with Crippen LogP contribution in [0.3, 0.4) is 0 Å². The van der Waals surface area contributed by atoms with Crippen LogP contribution < -0.4 is 5.32 Å². The van der Waals surface area contributed by atoms with Gasteiger partial charge in [0.15, 0.2) is 0 Å². The Morgan fingerprint density at radius 2 is 1.91 bits per heavy atom. The van der Waals surface area contributed by atoms with E-state index in [1.807, 2.05) is 0 Å². The second kappa shape index (κ2) is 2.78. The molecule has 1 aliphatic carbocycles. The highest BCUT2D eigenvalue weighted by Crippen LogP contribution is 2.42. The van der Waals surface area contributed by atoms with E-state index in [1.54, 1.807) is 0 Å². The average Bonchev–Trinajstić information content (AvgIpc) is 2.29. The van der Waals surface area contributed by atoms with Gasteiger partial charge in [0.1, 0.15) is 0 Å². The van der Waals surface area contributed by atoms with E-state index >= 15 is 0 Å². The smallest absolute Gasteiger partial charge is 0.000805 e. The Morgan fingerprint density at radius 3 is 2.36 bits per heavy atom. The van der Waals surface area contributed by atoms with Crippen LogP contribution in [0.1, 0.15) is 39.0 Å². The molecule has 1 heteroatoms. The van der Waals surface area contributed by atoms with Gasteiger partial charge in [-0.05, 0) is 43.7 Å². The van der Waals surface area contributed by atoms with Gasteiger partial charge in [0, 0.05) is 0 Å². The second-order valence-corrected chi connectivity index (χ2v) is 4.75. The fraction of sp³-hybridized carbons (Fsp3) is 1.00. The number of hydrogen-bond donors (Lipinski definition) is 1. The Morgan fingerprint density at radius 1 is 1.27 bits per heavy atom. The van der Waals surface area contributed by atoms with E-state index in [4.69, 9.17) is 0 Å². The van der Waals surface area contributed by atoms with Crippen LogP contribution in [-0.2, 0) is 0 Å². The molecule has 1 N–H and O–H groups in total. The molecule has 0 atom stereocenters. The Balaban J connectivity index is 1.82. The first-order valence-corrected chi connectivity index (χ1v) is 4.99. The van der Waals surface area contributed by atoms with Gasteiger partial charge in [-0.1, -0.05) is 19.8 Å². The zero-order valence-electron chi connectivity index (χ0n) is 7.53. The molecule has 2 aliphatic rings. The molecule has 0 spiro atoms. The number of hydrogen-bond acceptors (Lipinski definition) is 1.